The SMILES string of the molecule is CC(=O)N1C(=O)[C@@]2(CC=C(I)CC2)NC(=O)[C@@H]1C. The number of allylic oxidation sites excluding steroid dienone is 1. The van der Waals surface area contributed by atoms with Gasteiger partial charge in [0.05, 0.1) is 0 Å². The van der Waals surface area contributed by atoms with Gasteiger partial charge in [0.2, 0.25) is 11.8 Å². The standard InChI is InChI=1S/C12H15IN2O3/c1-7-10(17)14-12(5-3-9(13)4-6-12)11(18)15(7)8(2)16/h3,7H,4-6H2,1-2H3,(H,14,17)/t7-,12-/m0/s1. The molecule has 6 heteroatoms. The van der Waals surface area contributed by atoms with Gasteiger partial charge in [0, 0.05) is 6.92 Å². The van der Waals surface area contributed by atoms with Crippen molar-refractivity contribution in [3.63, 3.8) is 0 Å². The fourth-order valence-electron chi connectivity index (χ4n) is 2.46. The molecule has 0 aromatic heterocycles. The van der Waals surface area contributed by atoms with Crippen LogP contribution in [0.2, 0.25) is 0 Å². The van der Waals surface area contributed by atoms with E-state index in [-0.39, 0.29) is 17.7 Å². The number of amides is 3. The Labute approximate surface area is 119 Å². The molecule has 2 atom stereocenters. The summed E-state index contributed by atoms with van der Waals surface area (Å²) < 4.78 is 1.19. The molecule has 0 aromatic rings. The lowest BCUT2D eigenvalue weighted by Crippen LogP contribution is -2.70. The van der Waals surface area contributed by atoms with E-state index in [0.717, 1.165) is 11.3 Å². The van der Waals surface area contributed by atoms with E-state index in [0.29, 0.717) is 12.8 Å². The summed E-state index contributed by atoms with van der Waals surface area (Å²) in [5.74, 6) is -0.900. The Morgan fingerprint density at radius 3 is 2.72 bits per heavy atom. The average Bonchev–Trinajstić information content (AvgIpc) is 2.30. The zero-order chi connectivity index (χ0) is 13.5. The van der Waals surface area contributed by atoms with Crippen LogP contribution in [0.5, 0.6) is 0 Å². The number of rotatable bonds is 0. The van der Waals surface area contributed by atoms with Crippen molar-refractivity contribution in [2.45, 2.75) is 44.7 Å². The van der Waals surface area contributed by atoms with Crippen LogP contribution in [0, 0.1) is 0 Å². The number of halogens is 1. The van der Waals surface area contributed by atoms with Gasteiger partial charge in [0.25, 0.3) is 5.91 Å². The number of hydrogen-bond donors (Lipinski definition) is 1. The third kappa shape index (κ3) is 2.06. The molecule has 0 unspecified atom stereocenters. The lowest BCUT2D eigenvalue weighted by atomic mass is 9.81. The molecule has 1 saturated heterocycles. The van der Waals surface area contributed by atoms with Crippen molar-refractivity contribution in [2.75, 3.05) is 0 Å². The van der Waals surface area contributed by atoms with Gasteiger partial charge < -0.3 is 5.32 Å². The maximum atomic E-state index is 12.5. The number of hydrogen-bond acceptors (Lipinski definition) is 3. The van der Waals surface area contributed by atoms with Crippen LogP contribution >= 0.6 is 22.6 Å². The van der Waals surface area contributed by atoms with Crippen LogP contribution < -0.4 is 5.32 Å². The molecule has 0 bridgehead atoms. The van der Waals surface area contributed by atoms with Crippen LogP contribution in [-0.2, 0) is 14.4 Å². The van der Waals surface area contributed by atoms with E-state index in [1.807, 2.05) is 6.08 Å². The third-order valence-electron chi connectivity index (χ3n) is 3.56. The average molecular weight is 362 g/mol. The van der Waals surface area contributed by atoms with Gasteiger partial charge in [-0.15, -0.1) is 0 Å². The Bertz CT molecular complexity index is 460. The summed E-state index contributed by atoms with van der Waals surface area (Å²) in [5.41, 5.74) is -0.913. The van der Waals surface area contributed by atoms with Gasteiger partial charge in [-0.25, -0.2) is 0 Å². The molecule has 2 aliphatic rings. The van der Waals surface area contributed by atoms with E-state index in [4.69, 9.17) is 0 Å². The van der Waals surface area contributed by atoms with E-state index in [1.54, 1.807) is 6.92 Å². The molecule has 98 valence electrons. The molecule has 1 aliphatic carbocycles. The smallest absolute Gasteiger partial charge is 0.255 e. The molecule has 1 N–H and O–H groups in total. The normalized spacial score (nSPS) is 32.3. The number of carbonyl (C=O) groups excluding carboxylic acids is 3. The molecule has 1 spiro atoms. The van der Waals surface area contributed by atoms with E-state index in [2.05, 4.69) is 27.9 Å². The van der Waals surface area contributed by atoms with Crippen LogP contribution in [-0.4, -0.2) is 34.2 Å². The first-order valence-corrected chi connectivity index (χ1v) is 6.96. The molecule has 2 rings (SSSR count). The topological polar surface area (TPSA) is 66.5 Å². The molecular weight excluding hydrogens is 347 g/mol. The minimum absolute atomic E-state index is 0.255. The Kier molecular flexibility index (Phi) is 3.48. The summed E-state index contributed by atoms with van der Waals surface area (Å²) in [4.78, 5) is 37.0. The zero-order valence-corrected chi connectivity index (χ0v) is 12.5. The third-order valence-corrected chi connectivity index (χ3v) is 4.54. The molecule has 18 heavy (non-hydrogen) atoms. The van der Waals surface area contributed by atoms with Crippen molar-refractivity contribution in [3.8, 4) is 0 Å². The van der Waals surface area contributed by atoms with E-state index < -0.39 is 11.6 Å². The molecule has 0 saturated carbocycles. The van der Waals surface area contributed by atoms with Gasteiger partial charge in [0.15, 0.2) is 0 Å². The largest absolute Gasteiger partial charge is 0.340 e. The first kappa shape index (κ1) is 13.5. The molecule has 1 aliphatic heterocycles. The molecule has 0 aromatic carbocycles. The Balaban J connectivity index is 2.36. The van der Waals surface area contributed by atoms with Crippen LogP contribution in [0.15, 0.2) is 9.66 Å². The van der Waals surface area contributed by atoms with E-state index in [1.165, 1.54) is 10.5 Å². The highest BCUT2D eigenvalue weighted by atomic mass is 127. The summed E-state index contributed by atoms with van der Waals surface area (Å²) in [7, 11) is 0. The molecule has 5 nitrogen and oxygen atoms in total. The molecule has 1 heterocycles. The number of carbonyl (C=O) groups is 3. The predicted octanol–water partition coefficient (Wildman–Crippen LogP) is 1.12. The number of nitrogens with one attached hydrogen (secondary N) is 1. The summed E-state index contributed by atoms with van der Waals surface area (Å²) in [6, 6.07) is -0.717. The van der Waals surface area contributed by atoms with Crippen molar-refractivity contribution >= 4 is 40.3 Å². The number of nitrogens with zero attached hydrogens (tertiary/aromatic N) is 1. The molecule has 1 fully saturated rings. The molecular formula is C12H15IN2O3. The fraction of sp³-hybridized carbons (Fsp3) is 0.583. The van der Waals surface area contributed by atoms with Gasteiger partial charge in [0.1, 0.15) is 11.6 Å². The first-order chi connectivity index (χ1) is 8.37. The minimum Gasteiger partial charge on any atom is -0.340 e. The Morgan fingerprint density at radius 2 is 2.22 bits per heavy atom. The second kappa shape index (κ2) is 4.64. The highest BCUT2D eigenvalue weighted by Crippen LogP contribution is 2.34. The zero-order valence-electron chi connectivity index (χ0n) is 10.3. The summed E-state index contributed by atoms with van der Waals surface area (Å²) in [6.45, 7) is 2.90. The van der Waals surface area contributed by atoms with Crippen LogP contribution in [0.3, 0.4) is 0 Å². The van der Waals surface area contributed by atoms with Gasteiger partial charge >= 0.3 is 0 Å². The summed E-state index contributed by atoms with van der Waals surface area (Å²) in [6.07, 6.45) is 3.73. The second-order valence-electron chi connectivity index (χ2n) is 4.80. The second-order valence-corrected chi connectivity index (χ2v) is 6.18. The first-order valence-electron chi connectivity index (χ1n) is 5.88. The van der Waals surface area contributed by atoms with Crippen LogP contribution in [0.4, 0.5) is 0 Å². The quantitative estimate of drug-likeness (QED) is 0.657. The van der Waals surface area contributed by atoms with Gasteiger partial charge in [-0.05, 0) is 52.4 Å². The molecule has 0 radical (unpaired) electrons. The summed E-state index contributed by atoms with van der Waals surface area (Å²) in [5, 5.41) is 2.81. The number of piperazine rings is 1. The maximum absolute atomic E-state index is 12.5. The van der Waals surface area contributed by atoms with Crippen molar-refractivity contribution in [2.24, 2.45) is 0 Å². The maximum Gasteiger partial charge on any atom is 0.255 e. The van der Waals surface area contributed by atoms with E-state index >= 15 is 0 Å². The predicted molar refractivity (Wildman–Crippen MR) is 73.8 cm³/mol. The Morgan fingerprint density at radius 1 is 1.56 bits per heavy atom. The van der Waals surface area contributed by atoms with Gasteiger partial charge in [-0.1, -0.05) is 6.08 Å². The molecule has 3 amide bonds. The van der Waals surface area contributed by atoms with Gasteiger partial charge in [-0.2, -0.15) is 0 Å². The minimum atomic E-state index is -0.913. The van der Waals surface area contributed by atoms with Crippen molar-refractivity contribution in [1.82, 2.24) is 10.2 Å². The fourth-order valence-corrected chi connectivity index (χ4v) is 2.95. The Hall–Kier alpha value is -0.920. The van der Waals surface area contributed by atoms with Crippen molar-refractivity contribution < 1.29 is 14.4 Å². The lowest BCUT2D eigenvalue weighted by molar-refractivity contribution is -0.161. The van der Waals surface area contributed by atoms with Gasteiger partial charge in [-0.3, -0.25) is 19.3 Å². The van der Waals surface area contributed by atoms with Crippen LogP contribution in [0.1, 0.15) is 33.1 Å². The lowest BCUT2D eigenvalue weighted by Gasteiger charge is -2.44. The van der Waals surface area contributed by atoms with Crippen molar-refractivity contribution in [1.29, 1.82) is 0 Å². The number of imide groups is 1. The monoisotopic (exact) mass is 362 g/mol. The summed E-state index contributed by atoms with van der Waals surface area (Å²) >= 11 is 2.23. The van der Waals surface area contributed by atoms with Crippen molar-refractivity contribution in [3.05, 3.63) is 9.66 Å². The highest BCUT2D eigenvalue weighted by Gasteiger charge is 2.50. The van der Waals surface area contributed by atoms with E-state index in [9.17, 15) is 14.4 Å². The van der Waals surface area contributed by atoms with Crippen LogP contribution in [0.25, 0.3) is 0 Å². The highest BCUT2D eigenvalue weighted by molar-refractivity contribution is 14.1.